The highest BCUT2D eigenvalue weighted by Gasteiger charge is 2.48. The number of amides is 1. The maximum atomic E-state index is 13.1. The van der Waals surface area contributed by atoms with Gasteiger partial charge in [0.25, 0.3) is 0 Å². The summed E-state index contributed by atoms with van der Waals surface area (Å²) in [7, 11) is 0. The van der Waals surface area contributed by atoms with Crippen LogP contribution in [0.4, 0.5) is 10.1 Å². The minimum atomic E-state index is -0.276. The van der Waals surface area contributed by atoms with E-state index in [1.165, 1.54) is 12.1 Å². The highest BCUT2D eigenvalue weighted by molar-refractivity contribution is 5.82. The standard InChI is InChI=1S/C24H23FN2O2/c25-18-8-3-15(4-9-18)1-2-16-5-10-21-20(13-16)23-19(22(14-28)26-21)11-12-27(23)24(29)17-6-7-17/h3-5,8-10,13,17,19,22-23,26,28H,6-7,11-12,14H2/t19-,22-,23-/m1/s1. The molecule has 2 aliphatic heterocycles. The molecule has 0 radical (unpaired) electrons. The number of nitrogens with zero attached hydrogens (tertiary/aromatic N) is 1. The quantitative estimate of drug-likeness (QED) is 0.774. The van der Waals surface area contributed by atoms with Crippen LogP contribution in [0, 0.1) is 29.5 Å². The third-order valence-corrected chi connectivity index (χ3v) is 6.27. The lowest BCUT2D eigenvalue weighted by molar-refractivity contribution is -0.134. The van der Waals surface area contributed by atoms with E-state index in [0.717, 1.165) is 48.2 Å². The van der Waals surface area contributed by atoms with Crippen LogP contribution >= 0.6 is 0 Å². The summed E-state index contributed by atoms with van der Waals surface area (Å²) in [5.74, 6) is 6.60. The van der Waals surface area contributed by atoms with Crippen molar-refractivity contribution in [3.63, 3.8) is 0 Å². The molecule has 29 heavy (non-hydrogen) atoms. The van der Waals surface area contributed by atoms with E-state index in [-0.39, 0.29) is 42.3 Å². The zero-order chi connectivity index (χ0) is 20.0. The van der Waals surface area contributed by atoms with Gasteiger partial charge in [-0.15, -0.1) is 0 Å². The molecule has 0 spiro atoms. The first-order chi connectivity index (χ1) is 14.1. The van der Waals surface area contributed by atoms with Crippen molar-refractivity contribution in [1.29, 1.82) is 0 Å². The van der Waals surface area contributed by atoms with Gasteiger partial charge < -0.3 is 15.3 Å². The minimum absolute atomic E-state index is 0.0101. The Balaban J connectivity index is 1.49. The van der Waals surface area contributed by atoms with E-state index < -0.39 is 0 Å². The summed E-state index contributed by atoms with van der Waals surface area (Å²) in [6.07, 6.45) is 2.88. The van der Waals surface area contributed by atoms with E-state index in [0.29, 0.717) is 0 Å². The number of rotatable bonds is 2. The van der Waals surface area contributed by atoms with Crippen LogP contribution in [0.15, 0.2) is 42.5 Å². The van der Waals surface area contributed by atoms with E-state index in [9.17, 15) is 14.3 Å². The van der Waals surface area contributed by atoms with Crippen LogP contribution < -0.4 is 5.32 Å². The monoisotopic (exact) mass is 390 g/mol. The second-order valence-corrected chi connectivity index (χ2v) is 8.20. The molecule has 2 fully saturated rings. The highest BCUT2D eigenvalue weighted by atomic mass is 19.1. The number of carbonyl (C=O) groups excluding carboxylic acids is 1. The molecule has 5 rings (SSSR count). The smallest absolute Gasteiger partial charge is 0.226 e. The fourth-order valence-electron chi connectivity index (χ4n) is 4.63. The van der Waals surface area contributed by atoms with Gasteiger partial charge in [0.1, 0.15) is 5.82 Å². The number of hydrogen-bond donors (Lipinski definition) is 2. The predicted molar refractivity (Wildman–Crippen MR) is 109 cm³/mol. The van der Waals surface area contributed by atoms with E-state index in [4.69, 9.17) is 0 Å². The molecule has 0 unspecified atom stereocenters. The first-order valence-electron chi connectivity index (χ1n) is 10.2. The fourth-order valence-corrected chi connectivity index (χ4v) is 4.63. The number of nitrogens with one attached hydrogen (secondary N) is 1. The summed E-state index contributed by atoms with van der Waals surface area (Å²) in [4.78, 5) is 14.9. The Hall–Kier alpha value is -2.84. The van der Waals surface area contributed by atoms with Gasteiger partial charge in [0, 0.05) is 35.2 Å². The van der Waals surface area contributed by atoms with Crippen LogP contribution in [-0.2, 0) is 4.79 Å². The third kappa shape index (κ3) is 3.38. The average molecular weight is 390 g/mol. The topological polar surface area (TPSA) is 52.6 Å². The second kappa shape index (κ2) is 7.20. The largest absolute Gasteiger partial charge is 0.394 e. The van der Waals surface area contributed by atoms with Crippen molar-refractivity contribution in [3.8, 4) is 11.8 Å². The summed E-state index contributed by atoms with van der Waals surface area (Å²) in [6, 6.07) is 12.1. The zero-order valence-electron chi connectivity index (χ0n) is 16.1. The van der Waals surface area contributed by atoms with E-state index >= 15 is 0 Å². The van der Waals surface area contributed by atoms with Crippen molar-refractivity contribution in [2.24, 2.45) is 11.8 Å². The van der Waals surface area contributed by atoms with Crippen LogP contribution in [0.25, 0.3) is 0 Å². The van der Waals surface area contributed by atoms with Gasteiger partial charge in [-0.2, -0.15) is 0 Å². The van der Waals surface area contributed by atoms with Gasteiger partial charge >= 0.3 is 0 Å². The highest BCUT2D eigenvalue weighted by Crippen LogP contribution is 2.48. The molecule has 1 aliphatic carbocycles. The molecular weight excluding hydrogens is 367 g/mol. The lowest BCUT2D eigenvalue weighted by atomic mass is 9.82. The zero-order valence-corrected chi connectivity index (χ0v) is 16.1. The summed E-state index contributed by atoms with van der Waals surface area (Å²) >= 11 is 0. The summed E-state index contributed by atoms with van der Waals surface area (Å²) in [5, 5.41) is 13.3. The van der Waals surface area contributed by atoms with Gasteiger partial charge in [-0.05, 0) is 67.3 Å². The molecule has 3 atom stereocenters. The maximum absolute atomic E-state index is 13.1. The van der Waals surface area contributed by atoms with Gasteiger partial charge in [-0.25, -0.2) is 4.39 Å². The molecule has 2 heterocycles. The Morgan fingerprint density at radius 2 is 1.83 bits per heavy atom. The summed E-state index contributed by atoms with van der Waals surface area (Å²) < 4.78 is 13.1. The molecule has 2 aromatic carbocycles. The Morgan fingerprint density at radius 1 is 1.10 bits per heavy atom. The van der Waals surface area contributed by atoms with Crippen molar-refractivity contribution < 1.29 is 14.3 Å². The van der Waals surface area contributed by atoms with Crippen molar-refractivity contribution in [3.05, 3.63) is 65.0 Å². The van der Waals surface area contributed by atoms with E-state index in [2.05, 4.69) is 23.2 Å². The summed E-state index contributed by atoms with van der Waals surface area (Å²) in [6.45, 7) is 0.798. The lowest BCUT2D eigenvalue weighted by Gasteiger charge is -2.39. The fraction of sp³-hybridized carbons (Fsp3) is 0.375. The molecule has 1 saturated carbocycles. The second-order valence-electron chi connectivity index (χ2n) is 8.20. The first kappa shape index (κ1) is 18.2. The molecule has 2 aromatic rings. The Kier molecular flexibility index (Phi) is 4.52. The number of benzene rings is 2. The third-order valence-electron chi connectivity index (χ3n) is 6.27. The van der Waals surface area contributed by atoms with Crippen LogP contribution in [0.2, 0.25) is 0 Å². The number of likely N-dealkylation sites (tertiary alicyclic amines) is 1. The van der Waals surface area contributed by atoms with Crippen LogP contribution in [0.5, 0.6) is 0 Å². The van der Waals surface area contributed by atoms with Crippen molar-refractivity contribution >= 4 is 11.6 Å². The summed E-state index contributed by atoms with van der Waals surface area (Å²) in [5.41, 5.74) is 3.67. The van der Waals surface area contributed by atoms with E-state index in [1.807, 2.05) is 17.0 Å². The normalized spacial score (nSPS) is 24.8. The van der Waals surface area contributed by atoms with Gasteiger partial charge in [-0.1, -0.05) is 11.8 Å². The lowest BCUT2D eigenvalue weighted by Crippen LogP contribution is -2.43. The first-order valence-corrected chi connectivity index (χ1v) is 10.2. The Bertz CT molecular complexity index is 1000. The van der Waals surface area contributed by atoms with E-state index in [1.54, 1.807) is 12.1 Å². The molecule has 1 saturated heterocycles. The molecule has 2 N–H and O–H groups in total. The van der Waals surface area contributed by atoms with Crippen molar-refractivity contribution in [2.75, 3.05) is 18.5 Å². The molecular formula is C24H23FN2O2. The number of anilines is 1. The number of aliphatic hydroxyl groups excluding tert-OH is 1. The van der Waals surface area contributed by atoms with Gasteiger partial charge in [-0.3, -0.25) is 4.79 Å². The number of fused-ring (bicyclic) bond motifs is 3. The average Bonchev–Trinajstić information content (AvgIpc) is 3.50. The Morgan fingerprint density at radius 3 is 2.55 bits per heavy atom. The van der Waals surface area contributed by atoms with Crippen LogP contribution in [0.3, 0.4) is 0 Å². The van der Waals surface area contributed by atoms with Gasteiger partial charge in [0.2, 0.25) is 5.91 Å². The van der Waals surface area contributed by atoms with Crippen molar-refractivity contribution in [1.82, 2.24) is 4.90 Å². The number of carbonyl (C=O) groups is 1. The molecule has 3 aliphatic rings. The van der Waals surface area contributed by atoms with Crippen LogP contribution in [0.1, 0.15) is 42.0 Å². The number of aliphatic hydroxyl groups is 1. The number of halogens is 1. The van der Waals surface area contributed by atoms with Gasteiger partial charge in [0.05, 0.1) is 18.7 Å². The molecule has 148 valence electrons. The SMILES string of the molecule is O=C(C1CC1)N1CC[C@@H]2[C@@H](CO)Nc3ccc(C#Cc4ccc(F)cc4)cc3[C@@H]21. The predicted octanol–water partition coefficient (Wildman–Crippen LogP) is 3.31. The van der Waals surface area contributed by atoms with Crippen LogP contribution in [-0.4, -0.2) is 35.1 Å². The number of hydrogen-bond acceptors (Lipinski definition) is 3. The maximum Gasteiger partial charge on any atom is 0.226 e. The molecule has 5 heteroatoms. The Labute approximate surface area is 169 Å². The van der Waals surface area contributed by atoms with Gasteiger partial charge in [0.15, 0.2) is 0 Å². The minimum Gasteiger partial charge on any atom is -0.394 e. The molecule has 4 nitrogen and oxygen atoms in total. The molecule has 0 bridgehead atoms. The molecule has 1 amide bonds. The molecule has 0 aromatic heterocycles. The van der Waals surface area contributed by atoms with Crippen molar-refractivity contribution in [2.45, 2.75) is 31.3 Å².